The Kier molecular flexibility index (Phi) is 4.02. The molecule has 0 spiro atoms. The van der Waals surface area contributed by atoms with E-state index in [1.165, 1.54) is 42.7 Å². The average molecular weight is 337 g/mol. The quantitative estimate of drug-likeness (QED) is 0.790. The van der Waals surface area contributed by atoms with Crippen LogP contribution in [0.15, 0.2) is 42.7 Å². The second-order valence-corrected chi connectivity index (χ2v) is 4.66. The summed E-state index contributed by atoms with van der Waals surface area (Å²) >= 11 is 0. The largest absolute Gasteiger partial charge is 0.468 e. The number of carbonyl (C=O) groups is 1. The van der Waals surface area contributed by atoms with Gasteiger partial charge in [0.05, 0.1) is 0 Å². The molecule has 0 fully saturated rings. The normalized spacial score (nSPS) is 11.5. The van der Waals surface area contributed by atoms with Gasteiger partial charge in [-0.05, 0) is 18.2 Å². The SMILES string of the molecule is O=C(Nc1nc2cccc(OCC(F)(F)F)n2n1)c1ccncc1. The molecule has 3 aromatic rings. The van der Waals surface area contributed by atoms with Crippen LogP contribution in [0.3, 0.4) is 0 Å². The summed E-state index contributed by atoms with van der Waals surface area (Å²) < 4.78 is 42.6. The summed E-state index contributed by atoms with van der Waals surface area (Å²) in [6.45, 7) is -1.45. The van der Waals surface area contributed by atoms with E-state index >= 15 is 0 Å². The fourth-order valence-electron chi connectivity index (χ4n) is 1.88. The molecule has 0 radical (unpaired) electrons. The molecule has 3 heterocycles. The Labute approximate surface area is 133 Å². The Morgan fingerprint density at radius 1 is 1.21 bits per heavy atom. The van der Waals surface area contributed by atoms with Gasteiger partial charge in [-0.15, -0.1) is 5.10 Å². The zero-order valence-corrected chi connectivity index (χ0v) is 12.0. The van der Waals surface area contributed by atoms with Gasteiger partial charge < -0.3 is 4.74 Å². The van der Waals surface area contributed by atoms with Gasteiger partial charge in [0.15, 0.2) is 12.3 Å². The highest BCUT2D eigenvalue weighted by molar-refractivity contribution is 6.03. The Morgan fingerprint density at radius 2 is 1.96 bits per heavy atom. The van der Waals surface area contributed by atoms with Crippen molar-refractivity contribution in [1.82, 2.24) is 19.6 Å². The number of nitrogens with one attached hydrogen (secondary N) is 1. The van der Waals surface area contributed by atoms with Crippen LogP contribution in [0.1, 0.15) is 10.4 Å². The molecule has 3 rings (SSSR count). The Bertz CT molecular complexity index is 864. The maximum absolute atomic E-state index is 12.3. The van der Waals surface area contributed by atoms with Crippen molar-refractivity contribution >= 4 is 17.5 Å². The summed E-state index contributed by atoms with van der Waals surface area (Å²) in [5.41, 5.74) is 0.581. The van der Waals surface area contributed by atoms with Gasteiger partial charge in [0.2, 0.25) is 11.8 Å². The molecule has 0 saturated heterocycles. The molecule has 0 aliphatic heterocycles. The average Bonchev–Trinajstić information content (AvgIpc) is 2.95. The summed E-state index contributed by atoms with van der Waals surface area (Å²) in [5, 5.41) is 6.40. The highest BCUT2D eigenvalue weighted by Gasteiger charge is 2.29. The topological polar surface area (TPSA) is 81.4 Å². The molecule has 1 N–H and O–H groups in total. The smallest absolute Gasteiger partial charge is 0.422 e. The maximum Gasteiger partial charge on any atom is 0.422 e. The highest BCUT2D eigenvalue weighted by Crippen LogP contribution is 2.20. The van der Waals surface area contributed by atoms with Crippen molar-refractivity contribution in [2.75, 3.05) is 11.9 Å². The van der Waals surface area contributed by atoms with Gasteiger partial charge in [0, 0.05) is 24.0 Å². The molecule has 0 aliphatic rings. The molecule has 24 heavy (non-hydrogen) atoms. The summed E-state index contributed by atoms with van der Waals surface area (Å²) in [6.07, 6.45) is -1.56. The van der Waals surface area contributed by atoms with E-state index in [9.17, 15) is 18.0 Å². The second-order valence-electron chi connectivity index (χ2n) is 4.66. The van der Waals surface area contributed by atoms with Crippen molar-refractivity contribution in [1.29, 1.82) is 0 Å². The monoisotopic (exact) mass is 337 g/mol. The molecule has 0 atom stereocenters. The number of rotatable bonds is 4. The lowest BCUT2D eigenvalue weighted by Gasteiger charge is -2.09. The number of fused-ring (bicyclic) bond motifs is 1. The molecule has 10 heteroatoms. The molecule has 0 aliphatic carbocycles. The molecule has 0 unspecified atom stereocenters. The van der Waals surface area contributed by atoms with Crippen molar-refractivity contribution in [3.8, 4) is 5.88 Å². The van der Waals surface area contributed by atoms with E-state index in [1.54, 1.807) is 0 Å². The van der Waals surface area contributed by atoms with Crippen LogP contribution >= 0.6 is 0 Å². The number of hydrogen-bond acceptors (Lipinski definition) is 5. The van der Waals surface area contributed by atoms with Gasteiger partial charge in [-0.2, -0.15) is 22.7 Å². The van der Waals surface area contributed by atoms with Crippen LogP contribution in [-0.4, -0.2) is 38.3 Å². The first-order valence-electron chi connectivity index (χ1n) is 6.69. The van der Waals surface area contributed by atoms with Crippen LogP contribution < -0.4 is 10.1 Å². The minimum absolute atomic E-state index is 0.0557. The Balaban J connectivity index is 1.82. The highest BCUT2D eigenvalue weighted by atomic mass is 19.4. The van der Waals surface area contributed by atoms with Crippen molar-refractivity contribution in [3.05, 3.63) is 48.3 Å². The Hall–Kier alpha value is -3.17. The number of halogens is 3. The van der Waals surface area contributed by atoms with Crippen LogP contribution in [-0.2, 0) is 0 Å². The van der Waals surface area contributed by atoms with Gasteiger partial charge in [-0.1, -0.05) is 6.07 Å². The van der Waals surface area contributed by atoms with Gasteiger partial charge in [-0.25, -0.2) is 0 Å². The fourth-order valence-corrected chi connectivity index (χ4v) is 1.88. The molecule has 0 aromatic carbocycles. The minimum atomic E-state index is -4.47. The summed E-state index contributed by atoms with van der Waals surface area (Å²) in [7, 11) is 0. The molecule has 0 saturated carbocycles. The van der Waals surface area contributed by atoms with E-state index in [4.69, 9.17) is 4.74 Å². The van der Waals surface area contributed by atoms with Gasteiger partial charge in [0.25, 0.3) is 5.91 Å². The van der Waals surface area contributed by atoms with Crippen molar-refractivity contribution in [2.24, 2.45) is 0 Å². The molecule has 3 aromatic heterocycles. The van der Waals surface area contributed by atoms with Gasteiger partial charge in [-0.3, -0.25) is 15.1 Å². The molecule has 0 bridgehead atoms. The lowest BCUT2D eigenvalue weighted by atomic mass is 10.2. The van der Waals surface area contributed by atoms with Gasteiger partial charge in [0.1, 0.15) is 0 Å². The van der Waals surface area contributed by atoms with Crippen LogP contribution in [0.5, 0.6) is 5.88 Å². The standard InChI is InChI=1S/C14H10F3N5O2/c15-14(16,17)8-24-11-3-1-2-10-19-13(21-22(10)11)20-12(23)9-4-6-18-7-5-9/h1-7H,8H2,(H,20,21,23). The molecule has 124 valence electrons. The van der Waals surface area contributed by atoms with E-state index in [2.05, 4.69) is 20.4 Å². The van der Waals surface area contributed by atoms with Crippen LogP contribution in [0, 0.1) is 0 Å². The summed E-state index contributed by atoms with van der Waals surface area (Å²) in [5.74, 6) is -0.660. The fraction of sp³-hybridized carbons (Fsp3) is 0.143. The zero-order valence-electron chi connectivity index (χ0n) is 12.0. The third-order valence-electron chi connectivity index (χ3n) is 2.88. The van der Waals surface area contributed by atoms with Crippen molar-refractivity contribution < 1.29 is 22.7 Å². The lowest BCUT2D eigenvalue weighted by Crippen LogP contribution is -2.20. The van der Waals surface area contributed by atoms with E-state index in [0.717, 1.165) is 4.52 Å². The number of hydrogen-bond donors (Lipinski definition) is 1. The van der Waals surface area contributed by atoms with Crippen LogP contribution in [0.4, 0.5) is 19.1 Å². The summed E-state index contributed by atoms with van der Waals surface area (Å²) in [6, 6.07) is 7.33. The number of amides is 1. The zero-order chi connectivity index (χ0) is 17.2. The van der Waals surface area contributed by atoms with Crippen molar-refractivity contribution in [2.45, 2.75) is 6.18 Å². The minimum Gasteiger partial charge on any atom is -0.468 e. The molecular weight excluding hydrogens is 327 g/mol. The third kappa shape index (κ3) is 3.59. The first-order valence-corrected chi connectivity index (χ1v) is 6.69. The predicted octanol–water partition coefficient (Wildman–Crippen LogP) is 2.32. The van der Waals surface area contributed by atoms with Gasteiger partial charge >= 0.3 is 6.18 Å². The number of pyridine rings is 2. The number of ether oxygens (including phenoxy) is 1. The first-order chi connectivity index (χ1) is 11.4. The maximum atomic E-state index is 12.3. The van der Waals surface area contributed by atoms with Crippen LogP contribution in [0.25, 0.3) is 5.65 Å². The second kappa shape index (κ2) is 6.14. The van der Waals surface area contributed by atoms with E-state index in [0.29, 0.717) is 5.56 Å². The van der Waals surface area contributed by atoms with Crippen molar-refractivity contribution in [3.63, 3.8) is 0 Å². The number of alkyl halides is 3. The van der Waals surface area contributed by atoms with E-state index < -0.39 is 18.7 Å². The first kappa shape index (κ1) is 15.7. The molecular formula is C14H10F3N5O2. The van der Waals surface area contributed by atoms with Crippen LogP contribution in [0.2, 0.25) is 0 Å². The van der Waals surface area contributed by atoms with E-state index in [-0.39, 0.29) is 17.5 Å². The number of anilines is 1. The molecule has 1 amide bonds. The third-order valence-corrected chi connectivity index (χ3v) is 2.88. The molecule has 7 nitrogen and oxygen atoms in total. The Morgan fingerprint density at radius 3 is 2.67 bits per heavy atom. The lowest BCUT2D eigenvalue weighted by molar-refractivity contribution is -0.154. The summed E-state index contributed by atoms with van der Waals surface area (Å²) in [4.78, 5) is 19.8. The number of nitrogens with zero attached hydrogens (tertiary/aromatic N) is 4. The number of carbonyl (C=O) groups excluding carboxylic acids is 1. The van der Waals surface area contributed by atoms with E-state index in [1.807, 2.05) is 0 Å². The number of aromatic nitrogens is 4. The predicted molar refractivity (Wildman–Crippen MR) is 76.7 cm³/mol.